The van der Waals surface area contributed by atoms with Gasteiger partial charge < -0.3 is 13.9 Å². The van der Waals surface area contributed by atoms with Gasteiger partial charge in [-0.05, 0) is 60.2 Å². The van der Waals surface area contributed by atoms with E-state index >= 15 is 0 Å². The summed E-state index contributed by atoms with van der Waals surface area (Å²) in [5.74, 6) is -0.459. The molecule has 0 aliphatic heterocycles. The number of carbonyl (C=O) groups excluding carboxylic acids is 1. The maximum Gasteiger partial charge on any atom is 1.00 e. The first-order valence-corrected chi connectivity index (χ1v) is 9.71. The second-order valence-corrected chi connectivity index (χ2v) is 6.98. The first kappa shape index (κ1) is 23.1. The standard InChI is InChI=1S/C21H16FO5P.Na/c22-18-11-9-17(10-12-18)21(23)15-8-16-6-13-20(14-7-16)27-28(24,25)26-19-4-2-1-3-5-19;/h1-15H,(H,24,25);/q;+1/p-1. The van der Waals surface area contributed by atoms with Crippen LogP contribution in [-0.2, 0) is 4.57 Å². The molecular formula is C21H15FNaO5P. The summed E-state index contributed by atoms with van der Waals surface area (Å²) in [5, 5.41) is 0. The van der Waals surface area contributed by atoms with Gasteiger partial charge in [-0.3, -0.25) is 4.79 Å². The van der Waals surface area contributed by atoms with Crippen molar-refractivity contribution in [3.05, 3.63) is 102 Å². The van der Waals surface area contributed by atoms with E-state index in [0.717, 1.165) is 0 Å². The molecule has 0 fully saturated rings. The quantitative estimate of drug-likeness (QED) is 0.252. The molecule has 0 spiro atoms. The van der Waals surface area contributed by atoms with E-state index in [1.54, 1.807) is 36.4 Å². The van der Waals surface area contributed by atoms with Gasteiger partial charge in [-0.15, -0.1) is 0 Å². The van der Waals surface area contributed by atoms with Crippen molar-refractivity contribution in [3.8, 4) is 11.5 Å². The Hall–Kier alpha value is -2.21. The van der Waals surface area contributed by atoms with E-state index in [9.17, 15) is 18.6 Å². The number of ketones is 1. The number of phosphoric acid groups is 1. The zero-order valence-electron chi connectivity index (χ0n) is 15.5. The van der Waals surface area contributed by atoms with Crippen molar-refractivity contribution in [1.82, 2.24) is 0 Å². The van der Waals surface area contributed by atoms with Crippen molar-refractivity contribution in [1.29, 1.82) is 0 Å². The number of carbonyl (C=O) groups is 1. The molecule has 3 aromatic rings. The fraction of sp³-hybridized carbons (Fsp3) is 0. The number of para-hydroxylation sites is 1. The van der Waals surface area contributed by atoms with Gasteiger partial charge in [0.2, 0.25) is 0 Å². The molecule has 29 heavy (non-hydrogen) atoms. The van der Waals surface area contributed by atoms with Gasteiger partial charge in [0.25, 0.3) is 0 Å². The van der Waals surface area contributed by atoms with E-state index in [1.807, 2.05) is 0 Å². The average molecular weight is 420 g/mol. The molecule has 0 bridgehead atoms. The van der Waals surface area contributed by atoms with Crippen molar-refractivity contribution < 1.29 is 57.2 Å². The van der Waals surface area contributed by atoms with Crippen molar-refractivity contribution in [2.75, 3.05) is 0 Å². The number of hydrogen-bond acceptors (Lipinski definition) is 5. The van der Waals surface area contributed by atoms with Crippen molar-refractivity contribution in [3.63, 3.8) is 0 Å². The Morgan fingerprint density at radius 1 is 0.862 bits per heavy atom. The van der Waals surface area contributed by atoms with Crippen LogP contribution in [0.5, 0.6) is 11.5 Å². The van der Waals surface area contributed by atoms with Crippen molar-refractivity contribution in [2.45, 2.75) is 0 Å². The molecule has 0 N–H and O–H groups in total. The van der Waals surface area contributed by atoms with Gasteiger partial charge >= 0.3 is 37.4 Å². The molecule has 0 aliphatic carbocycles. The Morgan fingerprint density at radius 2 is 1.41 bits per heavy atom. The van der Waals surface area contributed by atoms with E-state index in [4.69, 9.17) is 9.05 Å². The summed E-state index contributed by atoms with van der Waals surface area (Å²) in [7, 11) is -4.58. The van der Waals surface area contributed by atoms with Crippen LogP contribution in [0.2, 0.25) is 0 Å². The summed E-state index contributed by atoms with van der Waals surface area (Å²) < 4.78 is 34.6. The molecule has 8 heteroatoms. The molecule has 0 heterocycles. The fourth-order valence-corrected chi connectivity index (χ4v) is 3.08. The molecule has 5 nitrogen and oxygen atoms in total. The van der Waals surface area contributed by atoms with Gasteiger partial charge in [-0.1, -0.05) is 36.4 Å². The second kappa shape index (κ2) is 10.5. The minimum Gasteiger partial charge on any atom is -0.736 e. The maximum atomic E-state index is 12.9. The van der Waals surface area contributed by atoms with Crippen LogP contribution >= 0.6 is 7.82 Å². The summed E-state index contributed by atoms with van der Waals surface area (Å²) in [6, 6.07) is 19.3. The topological polar surface area (TPSA) is 75.7 Å². The third-order valence-corrected chi connectivity index (χ3v) is 4.48. The van der Waals surface area contributed by atoms with E-state index < -0.39 is 13.6 Å². The Morgan fingerprint density at radius 3 is 2.00 bits per heavy atom. The predicted molar refractivity (Wildman–Crippen MR) is 102 cm³/mol. The molecule has 0 radical (unpaired) electrons. The largest absolute Gasteiger partial charge is 1.00 e. The fourth-order valence-electron chi connectivity index (χ4n) is 2.28. The van der Waals surface area contributed by atoms with Gasteiger partial charge in [0.1, 0.15) is 17.3 Å². The SMILES string of the molecule is O=C(C=Cc1ccc(OP(=O)([O-])Oc2ccccc2)cc1)c1ccc(F)cc1.[Na+]. The minimum atomic E-state index is -4.58. The smallest absolute Gasteiger partial charge is 0.736 e. The number of hydrogen-bond donors (Lipinski definition) is 0. The summed E-state index contributed by atoms with van der Waals surface area (Å²) in [6.45, 7) is 0. The van der Waals surface area contributed by atoms with Crippen LogP contribution in [0.3, 0.4) is 0 Å². The first-order chi connectivity index (χ1) is 13.4. The third kappa shape index (κ3) is 7.28. The van der Waals surface area contributed by atoms with Crippen LogP contribution in [-0.4, -0.2) is 5.78 Å². The zero-order valence-corrected chi connectivity index (χ0v) is 18.4. The average Bonchev–Trinajstić information content (AvgIpc) is 2.68. The molecule has 142 valence electrons. The van der Waals surface area contributed by atoms with Gasteiger partial charge in [0.15, 0.2) is 5.78 Å². The Balaban J connectivity index is 0.00000300. The molecule has 0 aliphatic rings. The van der Waals surface area contributed by atoms with E-state index in [-0.39, 0.29) is 46.8 Å². The minimum absolute atomic E-state index is 0. The van der Waals surface area contributed by atoms with Crippen LogP contribution in [0.1, 0.15) is 15.9 Å². The number of allylic oxidation sites excluding steroid dienone is 1. The van der Waals surface area contributed by atoms with Crippen LogP contribution < -0.4 is 43.5 Å². The molecule has 3 aromatic carbocycles. The van der Waals surface area contributed by atoms with Crippen LogP contribution in [0.4, 0.5) is 4.39 Å². The Labute approximate surface area is 189 Å². The third-order valence-electron chi connectivity index (χ3n) is 3.61. The number of phosphoric ester groups is 1. The van der Waals surface area contributed by atoms with Gasteiger partial charge in [0, 0.05) is 5.56 Å². The van der Waals surface area contributed by atoms with E-state index in [1.165, 1.54) is 54.6 Å². The molecule has 0 aromatic heterocycles. The predicted octanol–water partition coefficient (Wildman–Crippen LogP) is 1.65. The van der Waals surface area contributed by atoms with Crippen LogP contribution in [0, 0.1) is 5.82 Å². The number of benzene rings is 3. The summed E-state index contributed by atoms with van der Waals surface area (Å²) in [4.78, 5) is 24.0. The van der Waals surface area contributed by atoms with E-state index in [2.05, 4.69) is 0 Å². The van der Waals surface area contributed by atoms with Gasteiger partial charge in [0.05, 0.1) is 0 Å². The molecule has 1 atom stereocenters. The Kier molecular flexibility index (Phi) is 8.38. The summed E-state index contributed by atoms with van der Waals surface area (Å²) >= 11 is 0. The number of rotatable bonds is 7. The second-order valence-electron chi connectivity index (χ2n) is 5.72. The summed E-state index contributed by atoms with van der Waals surface area (Å²) in [5.41, 5.74) is 1.02. The Bertz CT molecular complexity index is 1020. The molecule has 0 saturated carbocycles. The van der Waals surface area contributed by atoms with Crippen molar-refractivity contribution in [2.24, 2.45) is 0 Å². The molecule has 1 unspecified atom stereocenters. The molecule has 3 rings (SSSR count). The zero-order chi connectivity index (χ0) is 20.0. The first-order valence-electron chi connectivity index (χ1n) is 8.25. The summed E-state index contributed by atoms with van der Waals surface area (Å²) in [6.07, 6.45) is 2.91. The monoisotopic (exact) mass is 420 g/mol. The van der Waals surface area contributed by atoms with Gasteiger partial charge in [-0.2, -0.15) is 0 Å². The van der Waals surface area contributed by atoms with Crippen molar-refractivity contribution >= 4 is 19.7 Å². The molecule has 0 amide bonds. The van der Waals surface area contributed by atoms with Crippen LogP contribution in [0.25, 0.3) is 6.08 Å². The molecular weight excluding hydrogens is 405 g/mol. The maximum absolute atomic E-state index is 12.9. The normalized spacial score (nSPS) is 12.6. The number of halogens is 1. The molecule has 0 saturated heterocycles. The van der Waals surface area contributed by atoms with E-state index in [0.29, 0.717) is 11.1 Å². The van der Waals surface area contributed by atoms with Crippen LogP contribution in [0.15, 0.2) is 84.9 Å². The van der Waals surface area contributed by atoms with Gasteiger partial charge in [-0.25, -0.2) is 8.96 Å².